The fourth-order valence-electron chi connectivity index (χ4n) is 1.83. The molecular formula is C15H21IN4. The minimum absolute atomic E-state index is 0.108. The molecule has 2 rings (SSSR count). The molecular weight excluding hydrogens is 363 g/mol. The Kier molecular flexibility index (Phi) is 4.80. The van der Waals surface area contributed by atoms with E-state index in [1.54, 1.807) is 0 Å². The first-order chi connectivity index (χ1) is 9.37. The van der Waals surface area contributed by atoms with Crippen LogP contribution in [-0.4, -0.2) is 20.3 Å². The summed E-state index contributed by atoms with van der Waals surface area (Å²) in [6.07, 6.45) is 4.76. The van der Waals surface area contributed by atoms with E-state index in [9.17, 15) is 0 Å². The van der Waals surface area contributed by atoms with Gasteiger partial charge in [0.2, 0.25) is 0 Å². The fourth-order valence-corrected chi connectivity index (χ4v) is 2.22. The van der Waals surface area contributed by atoms with Gasteiger partial charge in [-0.3, -0.25) is 0 Å². The molecule has 4 nitrogen and oxygen atoms in total. The maximum absolute atomic E-state index is 4.65. The number of aromatic nitrogens is 3. The van der Waals surface area contributed by atoms with Gasteiger partial charge in [-0.25, -0.2) is 9.67 Å². The summed E-state index contributed by atoms with van der Waals surface area (Å²) in [6.45, 7) is 9.48. The third kappa shape index (κ3) is 4.28. The van der Waals surface area contributed by atoms with E-state index in [2.05, 4.69) is 77.8 Å². The van der Waals surface area contributed by atoms with E-state index in [-0.39, 0.29) is 5.54 Å². The lowest BCUT2D eigenvalue weighted by atomic mass is 10.1. The van der Waals surface area contributed by atoms with Crippen LogP contribution in [-0.2, 0) is 13.0 Å². The number of hydrogen-bond acceptors (Lipinski definition) is 3. The van der Waals surface area contributed by atoms with Crippen molar-refractivity contribution in [3.8, 4) is 5.82 Å². The molecule has 0 fully saturated rings. The molecule has 2 aromatic heterocycles. The van der Waals surface area contributed by atoms with Gasteiger partial charge in [0.05, 0.1) is 9.77 Å². The Labute approximate surface area is 134 Å². The number of halogens is 1. The molecule has 20 heavy (non-hydrogen) atoms. The normalized spacial score (nSPS) is 11.8. The standard InChI is InChI=1S/C15H21IN4/c1-5-13-6-11(8-17-15(2,3)4)7-14(19-13)20-10-12(16)9-18-20/h6-7,9-10,17H,5,8H2,1-4H3. The molecule has 2 heterocycles. The smallest absolute Gasteiger partial charge is 0.153 e. The van der Waals surface area contributed by atoms with Crippen LogP contribution in [0.2, 0.25) is 0 Å². The second-order valence-electron chi connectivity index (χ2n) is 5.89. The van der Waals surface area contributed by atoms with Crippen LogP contribution in [0, 0.1) is 3.57 Å². The van der Waals surface area contributed by atoms with E-state index in [1.807, 2.05) is 17.1 Å². The van der Waals surface area contributed by atoms with Crippen LogP contribution in [0.25, 0.3) is 5.82 Å². The Bertz CT molecular complexity index is 584. The van der Waals surface area contributed by atoms with Crippen molar-refractivity contribution in [3.63, 3.8) is 0 Å². The molecule has 0 aliphatic heterocycles. The first kappa shape index (κ1) is 15.4. The van der Waals surface area contributed by atoms with Gasteiger partial charge in [0.15, 0.2) is 5.82 Å². The van der Waals surface area contributed by atoms with Crippen LogP contribution in [0.3, 0.4) is 0 Å². The van der Waals surface area contributed by atoms with E-state index < -0.39 is 0 Å². The van der Waals surface area contributed by atoms with Gasteiger partial charge in [-0.05, 0) is 67.5 Å². The number of nitrogens with zero attached hydrogens (tertiary/aromatic N) is 3. The van der Waals surface area contributed by atoms with Crippen LogP contribution in [0.5, 0.6) is 0 Å². The Morgan fingerprint density at radius 3 is 2.60 bits per heavy atom. The van der Waals surface area contributed by atoms with Crippen molar-refractivity contribution >= 4 is 22.6 Å². The minimum atomic E-state index is 0.108. The Balaban J connectivity index is 2.29. The largest absolute Gasteiger partial charge is 0.308 e. The van der Waals surface area contributed by atoms with Crippen LogP contribution in [0.1, 0.15) is 39.0 Å². The molecule has 5 heteroatoms. The predicted octanol–water partition coefficient (Wildman–Crippen LogP) is 3.32. The number of aryl methyl sites for hydroxylation is 1. The maximum Gasteiger partial charge on any atom is 0.153 e. The molecule has 0 unspecified atom stereocenters. The molecule has 108 valence electrons. The highest BCUT2D eigenvalue weighted by atomic mass is 127. The lowest BCUT2D eigenvalue weighted by Gasteiger charge is -2.21. The first-order valence-electron chi connectivity index (χ1n) is 6.83. The van der Waals surface area contributed by atoms with Gasteiger partial charge in [-0.15, -0.1) is 0 Å². The van der Waals surface area contributed by atoms with Gasteiger partial charge in [0.25, 0.3) is 0 Å². The average molecular weight is 384 g/mol. The van der Waals surface area contributed by atoms with E-state index in [4.69, 9.17) is 0 Å². The molecule has 0 atom stereocenters. The SMILES string of the molecule is CCc1cc(CNC(C)(C)C)cc(-n2cc(I)cn2)n1. The van der Waals surface area contributed by atoms with Crippen molar-refractivity contribution < 1.29 is 0 Å². The van der Waals surface area contributed by atoms with Crippen LogP contribution in [0.4, 0.5) is 0 Å². The quantitative estimate of drug-likeness (QED) is 0.823. The lowest BCUT2D eigenvalue weighted by molar-refractivity contribution is 0.424. The van der Waals surface area contributed by atoms with Gasteiger partial charge in [-0.2, -0.15) is 5.10 Å². The molecule has 1 N–H and O–H groups in total. The van der Waals surface area contributed by atoms with Gasteiger partial charge in [0.1, 0.15) is 0 Å². The monoisotopic (exact) mass is 384 g/mol. The topological polar surface area (TPSA) is 42.7 Å². The summed E-state index contributed by atoms with van der Waals surface area (Å²) in [7, 11) is 0. The Morgan fingerprint density at radius 1 is 1.30 bits per heavy atom. The van der Waals surface area contributed by atoms with Gasteiger partial charge >= 0.3 is 0 Å². The Hall–Kier alpha value is -0.950. The van der Waals surface area contributed by atoms with Crippen molar-refractivity contribution in [2.45, 2.75) is 46.2 Å². The van der Waals surface area contributed by atoms with E-state index in [0.717, 1.165) is 28.0 Å². The molecule has 0 radical (unpaired) electrons. The van der Waals surface area contributed by atoms with Crippen molar-refractivity contribution in [1.29, 1.82) is 0 Å². The zero-order valence-corrected chi connectivity index (χ0v) is 14.6. The van der Waals surface area contributed by atoms with Crippen LogP contribution < -0.4 is 5.32 Å². The summed E-state index contributed by atoms with van der Waals surface area (Å²) < 4.78 is 2.95. The summed E-state index contributed by atoms with van der Waals surface area (Å²) >= 11 is 2.26. The average Bonchev–Trinajstić information content (AvgIpc) is 2.82. The van der Waals surface area contributed by atoms with Crippen LogP contribution >= 0.6 is 22.6 Å². The Morgan fingerprint density at radius 2 is 2.05 bits per heavy atom. The summed E-state index contributed by atoms with van der Waals surface area (Å²) in [5, 5.41) is 7.85. The summed E-state index contributed by atoms with van der Waals surface area (Å²) in [4.78, 5) is 4.65. The number of hydrogen-bond donors (Lipinski definition) is 1. The van der Waals surface area contributed by atoms with E-state index in [0.29, 0.717) is 0 Å². The molecule has 2 aromatic rings. The molecule has 0 saturated carbocycles. The zero-order valence-electron chi connectivity index (χ0n) is 12.4. The highest BCUT2D eigenvalue weighted by molar-refractivity contribution is 14.1. The number of pyridine rings is 1. The maximum atomic E-state index is 4.65. The highest BCUT2D eigenvalue weighted by Gasteiger charge is 2.10. The number of rotatable bonds is 4. The molecule has 0 amide bonds. The van der Waals surface area contributed by atoms with E-state index >= 15 is 0 Å². The lowest BCUT2D eigenvalue weighted by Crippen LogP contribution is -2.35. The van der Waals surface area contributed by atoms with Crippen molar-refractivity contribution in [3.05, 3.63) is 39.4 Å². The summed E-state index contributed by atoms with van der Waals surface area (Å²) in [5.41, 5.74) is 2.45. The zero-order chi connectivity index (χ0) is 14.8. The highest BCUT2D eigenvalue weighted by Crippen LogP contribution is 2.13. The van der Waals surface area contributed by atoms with Gasteiger partial charge in [0, 0.05) is 24.0 Å². The van der Waals surface area contributed by atoms with Gasteiger partial charge < -0.3 is 5.32 Å². The molecule has 0 saturated heterocycles. The van der Waals surface area contributed by atoms with Crippen molar-refractivity contribution in [2.24, 2.45) is 0 Å². The van der Waals surface area contributed by atoms with Crippen LogP contribution in [0.15, 0.2) is 24.5 Å². The molecule has 0 spiro atoms. The number of nitrogens with one attached hydrogen (secondary N) is 1. The molecule has 0 aromatic carbocycles. The minimum Gasteiger partial charge on any atom is -0.308 e. The van der Waals surface area contributed by atoms with Crippen molar-refractivity contribution in [1.82, 2.24) is 20.1 Å². The summed E-state index contributed by atoms with van der Waals surface area (Å²) in [5.74, 6) is 0.887. The third-order valence-electron chi connectivity index (χ3n) is 2.90. The molecule has 0 aliphatic rings. The van der Waals surface area contributed by atoms with Gasteiger partial charge in [-0.1, -0.05) is 6.92 Å². The van der Waals surface area contributed by atoms with Crippen molar-refractivity contribution in [2.75, 3.05) is 0 Å². The molecule has 0 aliphatic carbocycles. The second-order valence-corrected chi connectivity index (χ2v) is 7.13. The summed E-state index contributed by atoms with van der Waals surface area (Å²) in [6, 6.07) is 4.26. The first-order valence-corrected chi connectivity index (χ1v) is 7.90. The second kappa shape index (κ2) is 6.22. The molecule has 0 bridgehead atoms. The van der Waals surface area contributed by atoms with E-state index in [1.165, 1.54) is 5.56 Å². The fraction of sp³-hybridized carbons (Fsp3) is 0.467. The predicted molar refractivity (Wildman–Crippen MR) is 90.0 cm³/mol. The third-order valence-corrected chi connectivity index (χ3v) is 3.45.